The van der Waals surface area contributed by atoms with Gasteiger partial charge in [-0.3, -0.25) is 4.48 Å². The molecule has 0 atom stereocenters. The van der Waals surface area contributed by atoms with Gasteiger partial charge >= 0.3 is 6.55 Å². The predicted octanol–water partition coefficient (Wildman–Crippen LogP) is -1.16. The Morgan fingerprint density at radius 2 is 1.55 bits per heavy atom. The molecule has 0 spiro atoms. The molecule has 0 unspecified atom stereocenters. The molecule has 0 aliphatic carbocycles. The Balaban J connectivity index is 0.000001000. The van der Waals surface area contributed by atoms with Crippen LogP contribution < -0.4 is 12.4 Å². The van der Waals surface area contributed by atoms with E-state index in [1.165, 1.54) is 0 Å². The second kappa shape index (κ2) is 4.21. The maximum absolute atomic E-state index is 12.3. The summed E-state index contributed by atoms with van der Waals surface area (Å²) in [5, 5.41) is 0. The zero-order valence-corrected chi connectivity index (χ0v) is 7.45. The van der Waals surface area contributed by atoms with Crippen molar-refractivity contribution in [1.29, 1.82) is 0 Å². The van der Waals surface area contributed by atoms with Gasteiger partial charge in [0, 0.05) is 0 Å². The van der Waals surface area contributed by atoms with Crippen LogP contribution >= 0.6 is 0 Å². The molecule has 0 aromatic carbocycles. The third kappa shape index (κ3) is 2.56. The number of nitrogens with zero attached hydrogens (tertiary/aromatic N) is 1. The SMILES string of the molecule is C[N+]1(C(F)F)CCCCC1.[Cl-]. The maximum atomic E-state index is 12.3. The number of alkyl halides is 2. The van der Waals surface area contributed by atoms with E-state index in [1.54, 1.807) is 7.05 Å². The molecule has 1 saturated heterocycles. The number of quaternary nitrogens is 1. The molecule has 1 heterocycles. The van der Waals surface area contributed by atoms with Crippen LogP contribution in [0.25, 0.3) is 0 Å². The molecule has 0 amide bonds. The lowest BCUT2D eigenvalue weighted by molar-refractivity contribution is -0.966. The summed E-state index contributed by atoms with van der Waals surface area (Å²) in [6.45, 7) is -0.879. The standard InChI is InChI=1S/C7H14F2N.ClH/c1-10(7(8)9)5-3-2-4-6-10;/h7H,2-6H2,1H3;1H/q+1;/p-1. The molecule has 1 aliphatic rings. The van der Waals surface area contributed by atoms with Gasteiger partial charge in [-0.05, 0) is 19.3 Å². The van der Waals surface area contributed by atoms with E-state index < -0.39 is 6.55 Å². The lowest BCUT2D eigenvalue weighted by Gasteiger charge is -2.36. The molecule has 1 nitrogen and oxygen atoms in total. The van der Waals surface area contributed by atoms with Gasteiger partial charge in [-0.2, -0.15) is 8.78 Å². The lowest BCUT2D eigenvalue weighted by atomic mass is 10.1. The first kappa shape index (κ1) is 11.1. The normalized spacial score (nSPS) is 22.9. The summed E-state index contributed by atoms with van der Waals surface area (Å²) in [7, 11) is 1.64. The average molecular weight is 186 g/mol. The van der Waals surface area contributed by atoms with Crippen molar-refractivity contribution in [3.05, 3.63) is 0 Å². The van der Waals surface area contributed by atoms with E-state index in [0.29, 0.717) is 13.1 Å². The van der Waals surface area contributed by atoms with Crippen molar-refractivity contribution in [2.24, 2.45) is 0 Å². The summed E-state index contributed by atoms with van der Waals surface area (Å²) in [5.41, 5.74) is 0. The van der Waals surface area contributed by atoms with E-state index in [2.05, 4.69) is 0 Å². The van der Waals surface area contributed by atoms with Crippen LogP contribution in [0.4, 0.5) is 8.78 Å². The summed E-state index contributed by atoms with van der Waals surface area (Å²) in [5.74, 6) is 0. The highest BCUT2D eigenvalue weighted by Gasteiger charge is 2.33. The van der Waals surface area contributed by atoms with Gasteiger partial charge in [0.25, 0.3) is 0 Å². The maximum Gasteiger partial charge on any atom is 0.380 e. The first-order valence-corrected chi connectivity index (χ1v) is 3.77. The topological polar surface area (TPSA) is 0 Å². The highest BCUT2D eigenvalue weighted by molar-refractivity contribution is 4.49. The van der Waals surface area contributed by atoms with Gasteiger partial charge in [0.2, 0.25) is 0 Å². The number of hydrogen-bond donors (Lipinski definition) is 0. The molecule has 1 rings (SSSR count). The zero-order valence-electron chi connectivity index (χ0n) is 6.69. The Morgan fingerprint density at radius 1 is 1.09 bits per heavy atom. The summed E-state index contributed by atoms with van der Waals surface area (Å²) in [4.78, 5) is 0. The molecule has 0 aromatic heterocycles. The molecule has 0 N–H and O–H groups in total. The van der Waals surface area contributed by atoms with Crippen LogP contribution in [-0.2, 0) is 0 Å². The van der Waals surface area contributed by atoms with Crippen LogP contribution in [-0.4, -0.2) is 31.2 Å². The van der Waals surface area contributed by atoms with Crippen LogP contribution in [0.1, 0.15) is 19.3 Å². The van der Waals surface area contributed by atoms with Gasteiger partial charge in [0.15, 0.2) is 0 Å². The second-order valence-electron chi connectivity index (χ2n) is 3.26. The van der Waals surface area contributed by atoms with Crippen molar-refractivity contribution in [2.45, 2.75) is 25.8 Å². The van der Waals surface area contributed by atoms with Crippen molar-refractivity contribution >= 4 is 0 Å². The van der Waals surface area contributed by atoms with E-state index in [4.69, 9.17) is 0 Å². The molecule has 1 fully saturated rings. The van der Waals surface area contributed by atoms with Crippen molar-refractivity contribution in [3.63, 3.8) is 0 Å². The van der Waals surface area contributed by atoms with Crippen LogP contribution in [0, 0.1) is 0 Å². The third-order valence-corrected chi connectivity index (χ3v) is 2.31. The Labute approximate surface area is 72.4 Å². The Hall–Kier alpha value is 0.110. The minimum Gasteiger partial charge on any atom is -1.00 e. The monoisotopic (exact) mass is 185 g/mol. The second-order valence-corrected chi connectivity index (χ2v) is 3.26. The van der Waals surface area contributed by atoms with Crippen molar-refractivity contribution in [2.75, 3.05) is 20.1 Å². The number of rotatable bonds is 1. The Morgan fingerprint density at radius 3 is 1.82 bits per heavy atom. The van der Waals surface area contributed by atoms with E-state index in [1.807, 2.05) is 0 Å². The third-order valence-electron chi connectivity index (χ3n) is 2.31. The quantitative estimate of drug-likeness (QED) is 0.357. The van der Waals surface area contributed by atoms with Crippen molar-refractivity contribution in [3.8, 4) is 0 Å². The lowest BCUT2D eigenvalue weighted by Crippen LogP contribution is -3.00. The number of likely N-dealkylation sites (tertiary alicyclic amines) is 1. The van der Waals surface area contributed by atoms with E-state index >= 15 is 0 Å². The van der Waals surface area contributed by atoms with Crippen LogP contribution in [0.2, 0.25) is 0 Å². The number of hydrogen-bond acceptors (Lipinski definition) is 0. The fourth-order valence-corrected chi connectivity index (χ4v) is 1.43. The van der Waals surface area contributed by atoms with Gasteiger partial charge in [-0.25, -0.2) is 0 Å². The van der Waals surface area contributed by atoms with E-state index in [9.17, 15) is 8.78 Å². The highest BCUT2D eigenvalue weighted by atomic mass is 35.5. The fraction of sp³-hybridized carbons (Fsp3) is 1.00. The molecule has 0 saturated carbocycles. The molecular weight excluding hydrogens is 172 g/mol. The highest BCUT2D eigenvalue weighted by Crippen LogP contribution is 2.21. The van der Waals surface area contributed by atoms with E-state index in [0.717, 1.165) is 19.3 Å². The smallest absolute Gasteiger partial charge is 0.380 e. The number of halogens is 3. The van der Waals surface area contributed by atoms with Crippen molar-refractivity contribution < 1.29 is 25.7 Å². The molecule has 0 radical (unpaired) electrons. The van der Waals surface area contributed by atoms with Gasteiger partial charge < -0.3 is 12.4 Å². The Kier molecular flexibility index (Phi) is 4.26. The summed E-state index contributed by atoms with van der Waals surface area (Å²) in [6.07, 6.45) is 3.04. The summed E-state index contributed by atoms with van der Waals surface area (Å²) >= 11 is 0. The Bertz CT molecular complexity index is 113. The minimum atomic E-state index is -2.18. The van der Waals surface area contributed by atoms with Crippen LogP contribution in [0.3, 0.4) is 0 Å². The predicted molar refractivity (Wildman–Crippen MR) is 35.8 cm³/mol. The van der Waals surface area contributed by atoms with Gasteiger partial charge in [0.1, 0.15) is 0 Å². The van der Waals surface area contributed by atoms with Crippen molar-refractivity contribution in [1.82, 2.24) is 0 Å². The minimum absolute atomic E-state index is 0. The molecule has 68 valence electrons. The zero-order chi connectivity index (χ0) is 7.61. The fourth-order valence-electron chi connectivity index (χ4n) is 1.43. The number of piperidine rings is 1. The molecular formula is C7H14ClF2N. The average Bonchev–Trinajstić information content (AvgIpc) is 1.89. The summed E-state index contributed by atoms with van der Waals surface area (Å²) < 4.78 is 24.5. The van der Waals surface area contributed by atoms with Gasteiger partial charge in [0.05, 0.1) is 20.1 Å². The first-order valence-electron chi connectivity index (χ1n) is 3.77. The first-order chi connectivity index (χ1) is 4.65. The van der Waals surface area contributed by atoms with Crippen LogP contribution in [0.5, 0.6) is 0 Å². The molecule has 1 aliphatic heterocycles. The van der Waals surface area contributed by atoms with Crippen LogP contribution in [0.15, 0.2) is 0 Å². The summed E-state index contributed by atoms with van der Waals surface area (Å²) in [6, 6.07) is 0. The molecule has 0 bridgehead atoms. The molecule has 0 aromatic rings. The largest absolute Gasteiger partial charge is 1.00 e. The molecule has 4 heteroatoms. The van der Waals surface area contributed by atoms with Gasteiger partial charge in [-0.1, -0.05) is 0 Å². The van der Waals surface area contributed by atoms with E-state index in [-0.39, 0.29) is 16.9 Å². The van der Waals surface area contributed by atoms with Gasteiger partial charge in [-0.15, -0.1) is 0 Å². The molecule has 11 heavy (non-hydrogen) atoms.